The summed E-state index contributed by atoms with van der Waals surface area (Å²) in [6, 6.07) is 17.4. The zero-order valence-electron chi connectivity index (χ0n) is 16.7. The van der Waals surface area contributed by atoms with E-state index in [1.165, 1.54) is 13.2 Å². The fourth-order valence-corrected chi connectivity index (χ4v) is 5.19. The molecule has 31 heavy (non-hydrogen) atoms. The van der Waals surface area contributed by atoms with Crippen LogP contribution >= 0.6 is 0 Å². The predicted octanol–water partition coefficient (Wildman–Crippen LogP) is 2.22. The van der Waals surface area contributed by atoms with E-state index < -0.39 is 35.1 Å². The first kappa shape index (κ1) is 20.7. The summed E-state index contributed by atoms with van der Waals surface area (Å²) >= 11 is 0. The zero-order valence-corrected chi connectivity index (χ0v) is 17.5. The molecule has 3 aromatic carbocycles. The van der Waals surface area contributed by atoms with E-state index in [0.29, 0.717) is 16.8 Å². The van der Waals surface area contributed by atoms with Crippen LogP contribution in [0.5, 0.6) is 5.75 Å². The first-order chi connectivity index (χ1) is 14.9. The van der Waals surface area contributed by atoms with Crippen LogP contribution in [0.4, 0.5) is 5.69 Å². The van der Waals surface area contributed by atoms with E-state index in [-0.39, 0.29) is 11.4 Å². The third-order valence-corrected chi connectivity index (χ3v) is 6.79. The van der Waals surface area contributed by atoms with Gasteiger partial charge in [-0.2, -0.15) is 0 Å². The summed E-state index contributed by atoms with van der Waals surface area (Å²) < 4.78 is 37.0. The van der Waals surface area contributed by atoms with Crippen LogP contribution in [0, 0.1) is 0 Å². The highest BCUT2D eigenvalue weighted by Gasteiger charge is 2.37. The van der Waals surface area contributed by atoms with Crippen molar-refractivity contribution in [2.24, 2.45) is 0 Å². The van der Waals surface area contributed by atoms with Crippen LogP contribution in [0.25, 0.3) is 10.8 Å². The molecule has 0 spiro atoms. The number of hydrogen-bond acceptors (Lipinski definition) is 6. The average molecular weight is 440 g/mol. The summed E-state index contributed by atoms with van der Waals surface area (Å²) in [6.07, 6.45) is 0. The third kappa shape index (κ3) is 3.91. The maximum atomic E-state index is 12.9. The maximum Gasteiger partial charge on any atom is 0.327 e. The van der Waals surface area contributed by atoms with Gasteiger partial charge in [-0.1, -0.05) is 42.5 Å². The second-order valence-corrected chi connectivity index (χ2v) is 8.72. The molecule has 1 aliphatic heterocycles. The first-order valence-electron chi connectivity index (χ1n) is 9.50. The van der Waals surface area contributed by atoms with Gasteiger partial charge in [-0.25, -0.2) is 8.42 Å². The molecule has 1 aliphatic rings. The number of para-hydroxylation sites is 1. The molecular weight excluding hydrogens is 420 g/mol. The summed E-state index contributed by atoms with van der Waals surface area (Å²) in [5.74, 6) is -0.692. The number of hydrogen-bond donors (Lipinski definition) is 1. The van der Waals surface area contributed by atoms with Crippen molar-refractivity contribution in [2.45, 2.75) is 11.4 Å². The minimum Gasteiger partial charge on any atom is -0.496 e. The maximum absolute atomic E-state index is 12.9. The number of carbonyl (C=O) groups excluding carboxylic acids is 2. The molecule has 9 heteroatoms. The van der Waals surface area contributed by atoms with Crippen molar-refractivity contribution in [3.8, 4) is 5.75 Å². The van der Waals surface area contributed by atoms with Gasteiger partial charge in [0.05, 0.1) is 17.7 Å². The van der Waals surface area contributed by atoms with E-state index >= 15 is 0 Å². The normalized spacial score (nSPS) is 13.8. The number of nitrogens with zero attached hydrogens (tertiary/aromatic N) is 1. The highest BCUT2D eigenvalue weighted by atomic mass is 32.2. The number of nitrogens with one attached hydrogen (secondary N) is 1. The van der Waals surface area contributed by atoms with Crippen LogP contribution in [-0.4, -0.2) is 40.6 Å². The summed E-state index contributed by atoms with van der Waals surface area (Å²) in [4.78, 5) is 24.5. The van der Waals surface area contributed by atoms with Crippen LogP contribution in [-0.2, 0) is 30.9 Å². The second-order valence-electron chi connectivity index (χ2n) is 6.89. The van der Waals surface area contributed by atoms with Crippen molar-refractivity contribution in [2.75, 3.05) is 24.6 Å². The molecule has 0 saturated carbocycles. The van der Waals surface area contributed by atoms with Crippen molar-refractivity contribution in [3.63, 3.8) is 0 Å². The fraction of sp³-hybridized carbons (Fsp3) is 0.182. The van der Waals surface area contributed by atoms with E-state index in [9.17, 15) is 18.0 Å². The summed E-state index contributed by atoms with van der Waals surface area (Å²) in [7, 11) is -2.33. The number of ether oxygens (including phenoxy) is 2. The molecule has 8 nitrogen and oxygen atoms in total. The number of benzene rings is 3. The Labute approximate surface area is 179 Å². The van der Waals surface area contributed by atoms with Gasteiger partial charge in [-0.05, 0) is 23.6 Å². The lowest BCUT2D eigenvalue weighted by atomic mass is 10.1. The number of esters is 1. The fourth-order valence-electron chi connectivity index (χ4n) is 3.53. The molecule has 0 atom stereocenters. The number of carbonyl (C=O) groups is 2. The standard InChI is InChI=1S/C22H20N2O6S/c1-29-18-10-3-2-6-16(18)12-23-20(25)14-30-21(26)13-24-17-9-4-7-15-8-5-11-19(22(15)17)31(24,27)28/h2-11H,12-14H2,1H3,(H,23,25). The molecule has 0 aliphatic carbocycles. The number of sulfonamides is 1. The Morgan fingerprint density at radius 3 is 2.52 bits per heavy atom. The Balaban J connectivity index is 1.37. The van der Waals surface area contributed by atoms with E-state index in [4.69, 9.17) is 9.47 Å². The summed E-state index contributed by atoms with van der Waals surface area (Å²) in [5.41, 5.74) is 1.20. The molecular formula is C22H20N2O6S. The van der Waals surface area contributed by atoms with E-state index in [0.717, 1.165) is 15.3 Å². The molecule has 0 bridgehead atoms. The van der Waals surface area contributed by atoms with Crippen LogP contribution in [0.3, 0.4) is 0 Å². The number of anilines is 1. The Morgan fingerprint density at radius 2 is 1.74 bits per heavy atom. The predicted molar refractivity (Wildman–Crippen MR) is 114 cm³/mol. The minimum absolute atomic E-state index is 0.156. The minimum atomic E-state index is -3.87. The highest BCUT2D eigenvalue weighted by molar-refractivity contribution is 7.93. The van der Waals surface area contributed by atoms with Crippen molar-refractivity contribution in [1.82, 2.24) is 5.32 Å². The first-order valence-corrected chi connectivity index (χ1v) is 10.9. The Hall–Kier alpha value is -3.59. The van der Waals surface area contributed by atoms with Crippen LogP contribution in [0.1, 0.15) is 5.56 Å². The topological polar surface area (TPSA) is 102 Å². The molecule has 160 valence electrons. The molecule has 3 aromatic rings. The molecule has 1 amide bonds. The lowest BCUT2D eigenvalue weighted by Gasteiger charge is -2.17. The molecule has 0 radical (unpaired) electrons. The molecule has 0 saturated heterocycles. The summed E-state index contributed by atoms with van der Waals surface area (Å²) in [5, 5.41) is 3.99. The molecule has 4 rings (SSSR count). The van der Waals surface area contributed by atoms with Crippen LogP contribution in [0.2, 0.25) is 0 Å². The largest absolute Gasteiger partial charge is 0.496 e. The van der Waals surface area contributed by atoms with E-state index in [2.05, 4.69) is 5.32 Å². The SMILES string of the molecule is COc1ccccc1CNC(=O)COC(=O)CN1c2cccc3cccc(c23)S1(=O)=O. The van der Waals surface area contributed by atoms with Gasteiger partial charge in [0, 0.05) is 17.5 Å². The summed E-state index contributed by atoms with van der Waals surface area (Å²) in [6.45, 7) is -0.826. The number of methoxy groups -OCH3 is 1. The van der Waals surface area contributed by atoms with Gasteiger partial charge in [0.25, 0.3) is 15.9 Å². The zero-order chi connectivity index (χ0) is 22.0. The van der Waals surface area contributed by atoms with Crippen LogP contribution < -0.4 is 14.4 Å². The third-order valence-electron chi connectivity index (χ3n) is 4.99. The van der Waals surface area contributed by atoms with Gasteiger partial charge in [0.2, 0.25) is 0 Å². The lowest BCUT2D eigenvalue weighted by Crippen LogP contribution is -2.35. The van der Waals surface area contributed by atoms with Gasteiger partial charge in [-0.15, -0.1) is 0 Å². The smallest absolute Gasteiger partial charge is 0.327 e. The van der Waals surface area contributed by atoms with Crippen molar-refractivity contribution < 1.29 is 27.5 Å². The van der Waals surface area contributed by atoms with E-state index in [1.807, 2.05) is 30.3 Å². The second kappa shape index (κ2) is 8.27. The van der Waals surface area contributed by atoms with Crippen molar-refractivity contribution in [3.05, 3.63) is 66.2 Å². The molecule has 0 aromatic heterocycles. The van der Waals surface area contributed by atoms with E-state index in [1.54, 1.807) is 24.3 Å². The monoisotopic (exact) mass is 440 g/mol. The average Bonchev–Trinajstić information content (AvgIpc) is 2.99. The van der Waals surface area contributed by atoms with Crippen molar-refractivity contribution >= 4 is 38.4 Å². The van der Waals surface area contributed by atoms with Gasteiger partial charge in [-0.3, -0.25) is 13.9 Å². The molecule has 0 fully saturated rings. The highest BCUT2D eigenvalue weighted by Crippen LogP contribution is 2.41. The van der Waals surface area contributed by atoms with Gasteiger partial charge in [0.15, 0.2) is 6.61 Å². The van der Waals surface area contributed by atoms with Gasteiger partial charge < -0.3 is 14.8 Å². The number of rotatable bonds is 7. The van der Waals surface area contributed by atoms with Crippen molar-refractivity contribution in [1.29, 1.82) is 0 Å². The Kier molecular flexibility index (Phi) is 5.51. The molecule has 0 unspecified atom stereocenters. The molecule has 1 N–H and O–H groups in total. The Morgan fingerprint density at radius 1 is 1.00 bits per heavy atom. The number of amides is 1. The molecule has 1 heterocycles. The quantitative estimate of drug-likeness (QED) is 0.565. The van der Waals surface area contributed by atoms with Gasteiger partial charge in [0.1, 0.15) is 12.3 Å². The van der Waals surface area contributed by atoms with Crippen LogP contribution in [0.15, 0.2) is 65.6 Å². The Bertz CT molecular complexity index is 1270. The lowest BCUT2D eigenvalue weighted by molar-refractivity contribution is -0.147. The van der Waals surface area contributed by atoms with Gasteiger partial charge >= 0.3 is 5.97 Å².